The SMILES string of the molecule is CC(C(=O)O)(c1ccc(Br)cc1)c1cccc(Br)c1. The first-order valence-electron chi connectivity index (χ1n) is 5.70. The standard InChI is InChI=1S/C15H12Br2O2/c1-15(14(18)19,10-5-7-12(16)8-6-10)11-3-2-4-13(17)9-11/h2-9H,1H3,(H,18,19). The summed E-state index contributed by atoms with van der Waals surface area (Å²) in [6.45, 7) is 1.72. The van der Waals surface area contributed by atoms with Crippen molar-refractivity contribution in [3.63, 3.8) is 0 Å². The third-order valence-electron chi connectivity index (χ3n) is 3.25. The fourth-order valence-corrected chi connectivity index (χ4v) is 2.66. The summed E-state index contributed by atoms with van der Waals surface area (Å²) < 4.78 is 1.80. The van der Waals surface area contributed by atoms with E-state index in [-0.39, 0.29) is 0 Å². The minimum atomic E-state index is -1.06. The van der Waals surface area contributed by atoms with Crippen LogP contribution in [0.5, 0.6) is 0 Å². The first kappa shape index (κ1) is 14.3. The summed E-state index contributed by atoms with van der Waals surface area (Å²) in [6.07, 6.45) is 0. The van der Waals surface area contributed by atoms with Gasteiger partial charge in [-0.05, 0) is 42.3 Å². The molecule has 0 amide bonds. The highest BCUT2D eigenvalue weighted by Gasteiger charge is 2.37. The van der Waals surface area contributed by atoms with Crippen LogP contribution < -0.4 is 0 Å². The number of hydrogen-bond donors (Lipinski definition) is 1. The van der Waals surface area contributed by atoms with Crippen molar-refractivity contribution in [1.82, 2.24) is 0 Å². The number of benzene rings is 2. The van der Waals surface area contributed by atoms with Crippen LogP contribution >= 0.6 is 31.9 Å². The minimum Gasteiger partial charge on any atom is -0.480 e. The van der Waals surface area contributed by atoms with E-state index in [0.717, 1.165) is 20.1 Å². The second kappa shape index (κ2) is 5.47. The summed E-state index contributed by atoms with van der Waals surface area (Å²) in [5, 5.41) is 9.67. The molecule has 0 spiro atoms. The molecule has 2 aromatic carbocycles. The number of carboxylic acid groups (broad SMARTS) is 1. The molecule has 0 bridgehead atoms. The molecule has 1 atom stereocenters. The molecule has 0 heterocycles. The van der Waals surface area contributed by atoms with Gasteiger partial charge in [-0.3, -0.25) is 4.79 Å². The number of rotatable bonds is 3. The Hall–Kier alpha value is -1.13. The van der Waals surface area contributed by atoms with Crippen LogP contribution in [0.15, 0.2) is 57.5 Å². The number of carbonyl (C=O) groups is 1. The van der Waals surface area contributed by atoms with Crippen molar-refractivity contribution in [3.05, 3.63) is 68.6 Å². The van der Waals surface area contributed by atoms with E-state index in [2.05, 4.69) is 31.9 Å². The number of halogens is 2. The largest absolute Gasteiger partial charge is 0.480 e. The summed E-state index contributed by atoms with van der Waals surface area (Å²) in [5.74, 6) is -0.868. The van der Waals surface area contributed by atoms with Crippen LogP contribution in [-0.2, 0) is 10.2 Å². The Labute approximate surface area is 128 Å². The molecule has 19 heavy (non-hydrogen) atoms. The van der Waals surface area contributed by atoms with E-state index < -0.39 is 11.4 Å². The smallest absolute Gasteiger partial charge is 0.318 e. The summed E-state index contributed by atoms with van der Waals surface area (Å²) in [6, 6.07) is 14.8. The van der Waals surface area contributed by atoms with Crippen LogP contribution in [0, 0.1) is 0 Å². The van der Waals surface area contributed by atoms with Gasteiger partial charge in [0.15, 0.2) is 0 Å². The van der Waals surface area contributed by atoms with Gasteiger partial charge in [0.2, 0.25) is 0 Å². The van der Waals surface area contributed by atoms with Crippen molar-refractivity contribution in [1.29, 1.82) is 0 Å². The van der Waals surface area contributed by atoms with Crippen LogP contribution in [0.25, 0.3) is 0 Å². The lowest BCUT2D eigenvalue weighted by Crippen LogP contribution is -2.33. The van der Waals surface area contributed by atoms with Gasteiger partial charge in [0.25, 0.3) is 0 Å². The van der Waals surface area contributed by atoms with E-state index in [0.29, 0.717) is 0 Å². The third-order valence-corrected chi connectivity index (χ3v) is 4.27. The van der Waals surface area contributed by atoms with E-state index in [4.69, 9.17) is 0 Å². The maximum atomic E-state index is 11.8. The first-order valence-corrected chi connectivity index (χ1v) is 7.28. The van der Waals surface area contributed by atoms with Gasteiger partial charge in [-0.1, -0.05) is 56.1 Å². The molecule has 0 aliphatic heterocycles. The van der Waals surface area contributed by atoms with Gasteiger partial charge in [0.1, 0.15) is 5.41 Å². The van der Waals surface area contributed by atoms with Crippen LogP contribution in [0.1, 0.15) is 18.1 Å². The van der Waals surface area contributed by atoms with Gasteiger partial charge in [-0.15, -0.1) is 0 Å². The molecule has 2 nitrogen and oxygen atoms in total. The zero-order valence-electron chi connectivity index (χ0n) is 10.2. The van der Waals surface area contributed by atoms with Crippen molar-refractivity contribution in [2.45, 2.75) is 12.3 Å². The molecule has 4 heteroatoms. The predicted molar refractivity (Wildman–Crippen MR) is 82.4 cm³/mol. The van der Waals surface area contributed by atoms with E-state index >= 15 is 0 Å². The van der Waals surface area contributed by atoms with Gasteiger partial charge in [0, 0.05) is 8.95 Å². The topological polar surface area (TPSA) is 37.3 Å². The van der Waals surface area contributed by atoms with Crippen molar-refractivity contribution in [2.24, 2.45) is 0 Å². The average molecular weight is 384 g/mol. The number of aliphatic carboxylic acids is 1. The maximum Gasteiger partial charge on any atom is 0.318 e. The van der Waals surface area contributed by atoms with E-state index in [1.165, 1.54) is 0 Å². The molecule has 0 saturated heterocycles. The molecular weight excluding hydrogens is 372 g/mol. The summed E-state index contributed by atoms with van der Waals surface area (Å²) in [5.41, 5.74) is 0.433. The highest BCUT2D eigenvalue weighted by atomic mass is 79.9. The van der Waals surface area contributed by atoms with Gasteiger partial charge >= 0.3 is 5.97 Å². The Kier molecular flexibility index (Phi) is 4.11. The predicted octanol–water partition coefficient (Wildman–Crippen LogP) is 4.60. The van der Waals surface area contributed by atoms with E-state index in [9.17, 15) is 9.90 Å². The molecule has 0 aromatic heterocycles. The molecular formula is C15H12Br2O2. The van der Waals surface area contributed by atoms with Crippen molar-refractivity contribution < 1.29 is 9.90 Å². The summed E-state index contributed by atoms with van der Waals surface area (Å²) in [4.78, 5) is 11.8. The van der Waals surface area contributed by atoms with Crippen molar-refractivity contribution in [2.75, 3.05) is 0 Å². The molecule has 98 valence electrons. The molecule has 0 aliphatic carbocycles. The Morgan fingerprint density at radius 1 is 1.00 bits per heavy atom. The fraction of sp³-hybridized carbons (Fsp3) is 0.133. The van der Waals surface area contributed by atoms with Gasteiger partial charge < -0.3 is 5.11 Å². The van der Waals surface area contributed by atoms with E-state index in [1.807, 2.05) is 48.5 Å². The lowest BCUT2D eigenvalue weighted by atomic mass is 9.76. The molecule has 0 saturated carbocycles. The third kappa shape index (κ3) is 2.74. The monoisotopic (exact) mass is 382 g/mol. The Morgan fingerprint density at radius 2 is 1.63 bits per heavy atom. The lowest BCUT2D eigenvalue weighted by Gasteiger charge is -2.26. The number of carboxylic acids is 1. The molecule has 0 aliphatic rings. The summed E-state index contributed by atoms with van der Waals surface area (Å²) in [7, 11) is 0. The molecule has 2 rings (SSSR count). The van der Waals surface area contributed by atoms with Gasteiger partial charge in [0.05, 0.1) is 0 Å². The Balaban J connectivity index is 2.61. The second-order valence-electron chi connectivity index (χ2n) is 4.45. The number of hydrogen-bond acceptors (Lipinski definition) is 1. The Morgan fingerprint density at radius 3 is 2.16 bits per heavy atom. The first-order chi connectivity index (χ1) is 8.94. The van der Waals surface area contributed by atoms with Crippen molar-refractivity contribution in [3.8, 4) is 0 Å². The molecule has 0 radical (unpaired) electrons. The fourth-order valence-electron chi connectivity index (χ4n) is 2.00. The molecule has 2 aromatic rings. The quantitative estimate of drug-likeness (QED) is 0.840. The zero-order chi connectivity index (χ0) is 14.0. The van der Waals surface area contributed by atoms with Crippen LogP contribution in [-0.4, -0.2) is 11.1 Å². The Bertz CT molecular complexity index is 608. The zero-order valence-corrected chi connectivity index (χ0v) is 13.4. The van der Waals surface area contributed by atoms with Crippen LogP contribution in [0.2, 0.25) is 0 Å². The minimum absolute atomic E-state index is 0.747. The van der Waals surface area contributed by atoms with Crippen LogP contribution in [0.4, 0.5) is 0 Å². The van der Waals surface area contributed by atoms with Crippen LogP contribution in [0.3, 0.4) is 0 Å². The normalized spacial score (nSPS) is 13.8. The highest BCUT2D eigenvalue weighted by molar-refractivity contribution is 9.10. The second-order valence-corrected chi connectivity index (χ2v) is 6.28. The molecule has 1 N–H and O–H groups in total. The summed E-state index contributed by atoms with van der Waals surface area (Å²) >= 11 is 6.75. The highest BCUT2D eigenvalue weighted by Crippen LogP contribution is 2.34. The molecule has 1 unspecified atom stereocenters. The van der Waals surface area contributed by atoms with Gasteiger partial charge in [-0.25, -0.2) is 0 Å². The molecule has 0 fully saturated rings. The average Bonchev–Trinajstić information content (AvgIpc) is 2.38. The van der Waals surface area contributed by atoms with Crippen molar-refractivity contribution >= 4 is 37.8 Å². The van der Waals surface area contributed by atoms with Gasteiger partial charge in [-0.2, -0.15) is 0 Å². The lowest BCUT2D eigenvalue weighted by molar-refractivity contribution is -0.141. The maximum absolute atomic E-state index is 11.8. The van der Waals surface area contributed by atoms with E-state index in [1.54, 1.807) is 6.92 Å².